The van der Waals surface area contributed by atoms with Crippen LogP contribution in [0.3, 0.4) is 0 Å². The maximum Gasteiger partial charge on any atom is 0.239 e. The van der Waals surface area contributed by atoms with Crippen molar-refractivity contribution in [3.8, 4) is 0 Å². The van der Waals surface area contributed by atoms with Crippen molar-refractivity contribution in [2.75, 3.05) is 12.4 Å². The highest BCUT2D eigenvalue weighted by Gasteiger charge is 2.06. The topological polar surface area (TPSA) is 62.8 Å². The van der Waals surface area contributed by atoms with Crippen molar-refractivity contribution in [3.05, 3.63) is 42.1 Å². The van der Waals surface area contributed by atoms with Crippen molar-refractivity contribution in [1.82, 2.24) is 10.3 Å². The summed E-state index contributed by atoms with van der Waals surface area (Å²) in [5.74, 6) is 0. The molecule has 2 aromatic rings. The number of thiocarbonyl (C=S) groups is 1. The van der Waals surface area contributed by atoms with Crippen molar-refractivity contribution in [3.63, 3.8) is 0 Å². The minimum atomic E-state index is 0.558. The number of benzene rings is 1. The van der Waals surface area contributed by atoms with Crippen LogP contribution in [0.25, 0.3) is 0 Å². The van der Waals surface area contributed by atoms with Crippen LogP contribution < -0.4 is 16.1 Å². The second-order valence-electron chi connectivity index (χ2n) is 3.71. The van der Waals surface area contributed by atoms with E-state index in [4.69, 9.17) is 17.1 Å². The van der Waals surface area contributed by atoms with Crippen LogP contribution in [0.1, 0.15) is 5.56 Å². The van der Waals surface area contributed by atoms with Gasteiger partial charge in [-0.3, -0.25) is 0 Å². The standard InChI is InChI=1S/C12H14N4OS2/c1-17-16-10-8-14-12(19-10)15-11(18)13-7-9-5-3-2-4-6-9/h2-6,8,16H,7H2,1H3,(H2,13,14,15,18)/p+1. The first-order chi connectivity index (χ1) is 9.28. The van der Waals surface area contributed by atoms with E-state index in [2.05, 4.69) is 15.6 Å². The number of hydrogen-bond donors (Lipinski definition) is 3. The van der Waals surface area contributed by atoms with Gasteiger partial charge < -0.3 is 10.6 Å². The largest absolute Gasteiger partial charge is 0.358 e. The highest BCUT2D eigenvalue weighted by molar-refractivity contribution is 7.80. The zero-order valence-corrected chi connectivity index (χ0v) is 12.1. The molecular formula is C12H15N4OS2+. The maximum absolute atomic E-state index is 5.21. The van der Waals surface area contributed by atoms with E-state index in [0.29, 0.717) is 11.7 Å². The van der Waals surface area contributed by atoms with Gasteiger partial charge >= 0.3 is 0 Å². The average molecular weight is 295 g/mol. The molecule has 0 bridgehead atoms. The summed E-state index contributed by atoms with van der Waals surface area (Å²) in [6.45, 7) is 0.690. The molecule has 0 unspecified atom stereocenters. The van der Waals surface area contributed by atoms with Crippen molar-refractivity contribution < 1.29 is 10.3 Å². The Morgan fingerprint density at radius 1 is 1.42 bits per heavy atom. The predicted molar refractivity (Wildman–Crippen MR) is 80.2 cm³/mol. The fourth-order valence-electron chi connectivity index (χ4n) is 1.43. The lowest BCUT2D eigenvalue weighted by molar-refractivity contribution is -0.827. The van der Waals surface area contributed by atoms with E-state index in [1.165, 1.54) is 16.9 Å². The molecule has 19 heavy (non-hydrogen) atoms. The van der Waals surface area contributed by atoms with E-state index in [-0.39, 0.29) is 0 Å². The van der Waals surface area contributed by atoms with Crippen LogP contribution in [-0.2, 0) is 11.4 Å². The number of hydrogen-bond acceptors (Lipinski definition) is 4. The second-order valence-corrected chi connectivity index (χ2v) is 5.19. The third kappa shape index (κ3) is 4.56. The zero-order valence-electron chi connectivity index (χ0n) is 10.4. The Balaban J connectivity index is 1.80. The van der Waals surface area contributed by atoms with Gasteiger partial charge in [0.2, 0.25) is 5.00 Å². The molecule has 0 fully saturated rings. The summed E-state index contributed by atoms with van der Waals surface area (Å²) in [5, 5.41) is 8.42. The lowest BCUT2D eigenvalue weighted by atomic mass is 10.2. The number of thiazole rings is 1. The minimum absolute atomic E-state index is 0.558. The van der Waals surface area contributed by atoms with Gasteiger partial charge in [-0.25, -0.2) is 9.82 Å². The van der Waals surface area contributed by atoms with E-state index in [1.54, 1.807) is 18.8 Å². The van der Waals surface area contributed by atoms with Crippen LogP contribution in [0.5, 0.6) is 0 Å². The highest BCUT2D eigenvalue weighted by Crippen LogP contribution is 2.18. The van der Waals surface area contributed by atoms with Gasteiger partial charge in [-0.15, -0.1) is 0 Å². The van der Waals surface area contributed by atoms with Gasteiger partial charge in [0.15, 0.2) is 10.2 Å². The van der Waals surface area contributed by atoms with Gasteiger partial charge in [-0.2, -0.15) is 5.48 Å². The summed E-state index contributed by atoms with van der Waals surface area (Å²) >= 11 is 6.69. The summed E-state index contributed by atoms with van der Waals surface area (Å²) < 4.78 is 0. The van der Waals surface area contributed by atoms with Crippen molar-refractivity contribution >= 4 is 38.8 Å². The van der Waals surface area contributed by atoms with Crippen molar-refractivity contribution in [1.29, 1.82) is 0 Å². The van der Waals surface area contributed by atoms with Crippen LogP contribution in [0.15, 0.2) is 36.5 Å². The molecule has 4 N–H and O–H groups in total. The van der Waals surface area contributed by atoms with Gasteiger partial charge in [-0.1, -0.05) is 30.3 Å². The molecule has 0 aliphatic rings. The van der Waals surface area contributed by atoms with E-state index >= 15 is 0 Å². The van der Waals surface area contributed by atoms with E-state index in [0.717, 1.165) is 10.1 Å². The SMILES string of the molecule is CO[NH2+]c1cnc(NC(=S)NCc2ccccc2)s1. The Hall–Kier alpha value is -1.54. The predicted octanol–water partition coefficient (Wildman–Crippen LogP) is 1.39. The fraction of sp³-hybridized carbons (Fsp3) is 0.167. The summed E-state index contributed by atoms with van der Waals surface area (Å²) in [4.78, 5) is 9.12. The zero-order chi connectivity index (χ0) is 13.5. The Morgan fingerprint density at radius 3 is 2.95 bits per heavy atom. The Kier molecular flexibility index (Phi) is 5.22. The molecule has 2 rings (SSSR count). The lowest BCUT2D eigenvalue weighted by Crippen LogP contribution is -2.75. The molecule has 0 saturated carbocycles. The van der Waals surface area contributed by atoms with Crippen molar-refractivity contribution in [2.45, 2.75) is 6.54 Å². The van der Waals surface area contributed by atoms with Gasteiger partial charge in [0.25, 0.3) is 0 Å². The van der Waals surface area contributed by atoms with Crippen LogP contribution in [0.4, 0.5) is 10.1 Å². The molecule has 5 nitrogen and oxygen atoms in total. The molecule has 1 heterocycles. The summed E-state index contributed by atoms with van der Waals surface area (Å²) in [7, 11) is 1.61. The summed E-state index contributed by atoms with van der Waals surface area (Å²) in [6, 6.07) is 10.1. The molecule has 0 saturated heterocycles. The number of rotatable bonds is 5. The number of quaternary nitrogens is 1. The molecule has 0 radical (unpaired) electrons. The molecule has 0 aliphatic heterocycles. The molecule has 0 amide bonds. The van der Waals surface area contributed by atoms with E-state index in [1.807, 2.05) is 30.3 Å². The third-order valence-electron chi connectivity index (χ3n) is 2.27. The first kappa shape index (κ1) is 13.9. The number of nitrogens with two attached hydrogens (primary N) is 1. The first-order valence-electron chi connectivity index (χ1n) is 5.68. The summed E-state index contributed by atoms with van der Waals surface area (Å²) in [6.07, 6.45) is 1.73. The molecule has 1 aromatic heterocycles. The maximum atomic E-state index is 5.21. The fourth-order valence-corrected chi connectivity index (χ4v) is 2.40. The first-order valence-corrected chi connectivity index (χ1v) is 6.91. The van der Waals surface area contributed by atoms with Crippen LogP contribution in [0, 0.1) is 0 Å². The van der Waals surface area contributed by atoms with Crippen molar-refractivity contribution in [2.24, 2.45) is 0 Å². The average Bonchev–Trinajstić information content (AvgIpc) is 2.85. The summed E-state index contributed by atoms with van der Waals surface area (Å²) in [5.41, 5.74) is 2.82. The van der Waals surface area contributed by atoms with Gasteiger partial charge in [0, 0.05) is 6.54 Å². The molecule has 0 aliphatic carbocycles. The van der Waals surface area contributed by atoms with Crippen LogP contribution >= 0.6 is 23.6 Å². The Labute approximate surface area is 121 Å². The second kappa shape index (κ2) is 7.15. The quantitative estimate of drug-likeness (QED) is 0.575. The lowest BCUT2D eigenvalue weighted by Gasteiger charge is -2.07. The molecular weight excluding hydrogens is 280 g/mol. The monoisotopic (exact) mass is 295 g/mol. The minimum Gasteiger partial charge on any atom is -0.358 e. The third-order valence-corrected chi connectivity index (χ3v) is 3.36. The Bertz CT molecular complexity index is 530. The number of aromatic nitrogens is 1. The highest BCUT2D eigenvalue weighted by atomic mass is 32.1. The number of nitrogens with zero attached hydrogens (tertiary/aromatic N) is 1. The number of anilines is 1. The molecule has 0 spiro atoms. The van der Waals surface area contributed by atoms with E-state index in [9.17, 15) is 0 Å². The normalized spacial score (nSPS) is 10.2. The molecule has 0 atom stereocenters. The Morgan fingerprint density at radius 2 is 2.21 bits per heavy atom. The van der Waals surface area contributed by atoms with Gasteiger partial charge in [0.05, 0.1) is 7.11 Å². The van der Waals surface area contributed by atoms with Gasteiger partial charge in [-0.05, 0) is 29.1 Å². The van der Waals surface area contributed by atoms with Crippen LogP contribution in [-0.4, -0.2) is 17.2 Å². The van der Waals surface area contributed by atoms with Crippen LogP contribution in [0.2, 0.25) is 0 Å². The smallest absolute Gasteiger partial charge is 0.239 e. The molecule has 100 valence electrons. The number of nitrogens with one attached hydrogen (secondary N) is 2. The molecule has 1 aromatic carbocycles. The van der Waals surface area contributed by atoms with E-state index < -0.39 is 0 Å². The van der Waals surface area contributed by atoms with Gasteiger partial charge in [0.1, 0.15) is 6.20 Å². The molecule has 7 heteroatoms.